The lowest BCUT2D eigenvalue weighted by atomic mass is 10.1. The summed E-state index contributed by atoms with van der Waals surface area (Å²) in [6, 6.07) is 12.8. The van der Waals surface area contributed by atoms with Crippen molar-refractivity contribution in [2.24, 2.45) is 7.05 Å². The molecule has 2 nitrogen and oxygen atoms in total. The molecule has 0 aliphatic rings. The minimum absolute atomic E-state index is 0.152. The molecule has 14 heavy (non-hydrogen) atoms. The predicted molar refractivity (Wildman–Crippen MR) is 57.1 cm³/mol. The van der Waals surface area contributed by atoms with Crippen LogP contribution in [0, 0.1) is 0 Å². The van der Waals surface area contributed by atoms with Crippen LogP contribution >= 0.6 is 0 Å². The smallest absolute Gasteiger partial charge is 0.250 e. The zero-order chi connectivity index (χ0) is 10.8. The molecule has 0 saturated carbocycles. The Morgan fingerprint density at radius 1 is 1.14 bits per heavy atom. The number of pyridine rings is 1. The van der Waals surface area contributed by atoms with Crippen LogP contribution in [-0.2, 0) is 7.05 Å². The van der Waals surface area contributed by atoms with Gasteiger partial charge in [-0.05, 0) is 17.2 Å². The van der Waals surface area contributed by atoms with E-state index in [4.69, 9.17) is 1.37 Å². The maximum Gasteiger partial charge on any atom is 0.250 e. The highest BCUT2D eigenvalue weighted by molar-refractivity contribution is 5.62. The van der Waals surface area contributed by atoms with Gasteiger partial charge in [-0.1, -0.05) is 30.3 Å². The SMILES string of the molecule is [2H]c1cc(-c2ccccc2)cc(=O)n1C. The summed E-state index contributed by atoms with van der Waals surface area (Å²) in [6.45, 7) is 0. The van der Waals surface area contributed by atoms with E-state index < -0.39 is 0 Å². The van der Waals surface area contributed by atoms with Gasteiger partial charge in [-0.25, -0.2) is 0 Å². The van der Waals surface area contributed by atoms with Crippen molar-refractivity contribution < 1.29 is 1.37 Å². The molecule has 0 saturated heterocycles. The zero-order valence-corrected chi connectivity index (χ0v) is 7.90. The summed E-state index contributed by atoms with van der Waals surface area (Å²) in [6.07, 6.45) is 0.223. The molecule has 0 bridgehead atoms. The number of benzene rings is 1. The lowest BCUT2D eigenvalue weighted by Gasteiger charge is -2.01. The van der Waals surface area contributed by atoms with Crippen LogP contribution in [0.15, 0.2) is 53.4 Å². The molecular weight excluding hydrogens is 174 g/mol. The molecule has 2 heteroatoms. The third-order valence-electron chi connectivity index (χ3n) is 2.13. The van der Waals surface area contributed by atoms with Crippen molar-refractivity contribution in [3.8, 4) is 11.1 Å². The average molecular weight is 186 g/mol. The van der Waals surface area contributed by atoms with Crippen LogP contribution in [-0.4, -0.2) is 4.57 Å². The Balaban J connectivity index is 2.61. The highest BCUT2D eigenvalue weighted by atomic mass is 16.1. The van der Waals surface area contributed by atoms with Crippen molar-refractivity contribution in [2.75, 3.05) is 0 Å². The standard InChI is InChI=1S/C12H11NO/c1-13-8-7-11(9-12(13)14)10-5-3-2-4-6-10/h2-9H,1H3/i8D. The Morgan fingerprint density at radius 2 is 1.86 bits per heavy atom. The van der Waals surface area contributed by atoms with Crippen LogP contribution in [0.25, 0.3) is 11.1 Å². The van der Waals surface area contributed by atoms with E-state index in [1.54, 1.807) is 19.2 Å². The molecule has 1 aromatic heterocycles. The van der Waals surface area contributed by atoms with Crippen molar-refractivity contribution in [1.82, 2.24) is 4.57 Å². The lowest BCUT2D eigenvalue weighted by molar-refractivity contribution is 0.861. The van der Waals surface area contributed by atoms with Gasteiger partial charge in [0, 0.05) is 19.3 Å². The monoisotopic (exact) mass is 186 g/mol. The van der Waals surface area contributed by atoms with E-state index >= 15 is 0 Å². The Labute approximate surface area is 83.8 Å². The molecule has 0 aliphatic heterocycles. The molecule has 2 aromatic rings. The van der Waals surface area contributed by atoms with Crippen molar-refractivity contribution in [3.63, 3.8) is 0 Å². The molecule has 0 atom stereocenters. The second-order valence-corrected chi connectivity index (χ2v) is 3.14. The van der Waals surface area contributed by atoms with Crippen molar-refractivity contribution in [1.29, 1.82) is 0 Å². The third-order valence-corrected chi connectivity index (χ3v) is 2.13. The Morgan fingerprint density at radius 3 is 2.50 bits per heavy atom. The van der Waals surface area contributed by atoms with Crippen molar-refractivity contribution in [2.45, 2.75) is 0 Å². The Kier molecular flexibility index (Phi) is 1.89. The molecule has 2 rings (SSSR count). The summed E-state index contributed by atoms with van der Waals surface area (Å²) < 4.78 is 8.93. The van der Waals surface area contributed by atoms with Gasteiger partial charge < -0.3 is 4.57 Å². The van der Waals surface area contributed by atoms with E-state index in [0.29, 0.717) is 0 Å². The van der Waals surface area contributed by atoms with Crippen molar-refractivity contribution in [3.05, 3.63) is 59.0 Å². The Bertz CT molecular complexity index is 531. The van der Waals surface area contributed by atoms with E-state index in [1.807, 2.05) is 30.3 Å². The quantitative estimate of drug-likeness (QED) is 0.668. The minimum atomic E-state index is -0.152. The highest BCUT2D eigenvalue weighted by Crippen LogP contribution is 2.15. The molecule has 1 aromatic carbocycles. The van der Waals surface area contributed by atoms with Crippen molar-refractivity contribution >= 4 is 0 Å². The second kappa shape index (κ2) is 3.50. The molecular formula is C12H11NO. The summed E-state index contributed by atoms with van der Waals surface area (Å²) in [7, 11) is 1.60. The minimum Gasteiger partial charge on any atom is -0.319 e. The normalized spacial score (nSPS) is 11.1. The van der Waals surface area contributed by atoms with Gasteiger partial charge in [-0.15, -0.1) is 0 Å². The van der Waals surface area contributed by atoms with Crippen LogP contribution in [0.4, 0.5) is 0 Å². The average Bonchev–Trinajstić information content (AvgIpc) is 2.26. The summed E-state index contributed by atoms with van der Waals surface area (Å²) >= 11 is 0. The summed E-state index contributed by atoms with van der Waals surface area (Å²) in [5.41, 5.74) is 1.61. The Hall–Kier alpha value is -1.83. The molecule has 0 aliphatic carbocycles. The number of hydrogen-bond acceptors (Lipinski definition) is 1. The molecule has 0 spiro atoms. The molecule has 1 heterocycles. The maximum absolute atomic E-state index is 11.5. The number of aromatic nitrogens is 1. The number of hydrogen-bond donors (Lipinski definition) is 0. The summed E-state index contributed by atoms with van der Waals surface area (Å²) in [5.74, 6) is 0. The molecule has 0 N–H and O–H groups in total. The lowest BCUT2D eigenvalue weighted by Crippen LogP contribution is -2.13. The van der Waals surface area contributed by atoms with Gasteiger partial charge in [-0.2, -0.15) is 0 Å². The van der Waals surface area contributed by atoms with Gasteiger partial charge in [0.05, 0.1) is 1.37 Å². The molecule has 0 unspecified atom stereocenters. The van der Waals surface area contributed by atoms with Crippen LogP contribution < -0.4 is 5.56 Å². The van der Waals surface area contributed by atoms with Crippen LogP contribution in [0.1, 0.15) is 1.37 Å². The fourth-order valence-electron chi connectivity index (χ4n) is 1.30. The van der Waals surface area contributed by atoms with E-state index in [-0.39, 0.29) is 11.7 Å². The highest BCUT2D eigenvalue weighted by Gasteiger charge is 1.97. The maximum atomic E-state index is 11.5. The largest absolute Gasteiger partial charge is 0.319 e. The summed E-state index contributed by atoms with van der Waals surface area (Å²) in [5, 5.41) is 0. The predicted octanol–water partition coefficient (Wildman–Crippen LogP) is 2.05. The van der Waals surface area contributed by atoms with Gasteiger partial charge in [0.1, 0.15) is 0 Å². The fourth-order valence-corrected chi connectivity index (χ4v) is 1.30. The summed E-state index contributed by atoms with van der Waals surface area (Å²) in [4.78, 5) is 11.5. The molecule has 70 valence electrons. The van der Waals surface area contributed by atoms with Gasteiger partial charge in [0.25, 0.3) is 5.56 Å². The number of nitrogens with zero attached hydrogens (tertiary/aromatic N) is 1. The van der Waals surface area contributed by atoms with Gasteiger partial charge in [-0.3, -0.25) is 4.79 Å². The van der Waals surface area contributed by atoms with Gasteiger partial charge in [0.15, 0.2) is 0 Å². The first-order valence-electron chi connectivity index (χ1n) is 4.91. The van der Waals surface area contributed by atoms with Gasteiger partial charge >= 0.3 is 0 Å². The molecule has 0 radical (unpaired) electrons. The van der Waals surface area contributed by atoms with Crippen LogP contribution in [0.2, 0.25) is 0 Å². The third kappa shape index (κ3) is 1.59. The van der Waals surface area contributed by atoms with E-state index in [1.165, 1.54) is 4.57 Å². The van der Waals surface area contributed by atoms with Crippen LogP contribution in [0.3, 0.4) is 0 Å². The van der Waals surface area contributed by atoms with Crippen LogP contribution in [0.5, 0.6) is 0 Å². The first-order valence-corrected chi connectivity index (χ1v) is 4.41. The molecule has 0 amide bonds. The fraction of sp³-hybridized carbons (Fsp3) is 0.0833. The van der Waals surface area contributed by atoms with E-state index in [2.05, 4.69) is 0 Å². The topological polar surface area (TPSA) is 22.0 Å². The van der Waals surface area contributed by atoms with Gasteiger partial charge in [0.2, 0.25) is 0 Å². The molecule has 0 fully saturated rings. The van der Waals surface area contributed by atoms with E-state index in [9.17, 15) is 4.79 Å². The second-order valence-electron chi connectivity index (χ2n) is 3.14. The van der Waals surface area contributed by atoms with E-state index in [0.717, 1.165) is 11.1 Å². The first kappa shape index (κ1) is 7.56. The number of rotatable bonds is 1. The zero-order valence-electron chi connectivity index (χ0n) is 8.90. The first-order chi connectivity index (χ1) is 7.18.